The number of amides is 1. The number of aliphatic carboxylic acids is 1. The zero-order valence-corrected chi connectivity index (χ0v) is 12.6. The number of phenols is 1. The first-order valence-corrected chi connectivity index (χ1v) is 7.48. The molecule has 1 amide bonds. The lowest BCUT2D eigenvalue weighted by Gasteiger charge is -2.07. The van der Waals surface area contributed by atoms with Crippen molar-refractivity contribution < 1.29 is 24.5 Å². The molecule has 1 aromatic carbocycles. The Kier molecular flexibility index (Phi) is 8.49. The van der Waals surface area contributed by atoms with Crippen LogP contribution >= 0.6 is 0 Å². The van der Waals surface area contributed by atoms with Crippen LogP contribution in [0.2, 0.25) is 0 Å². The largest absolute Gasteiger partial charge is 0.508 e. The molecule has 0 bridgehead atoms. The number of benzene rings is 1. The molecule has 0 aliphatic heterocycles. The average Bonchev–Trinajstić information content (AvgIpc) is 2.49. The van der Waals surface area contributed by atoms with Gasteiger partial charge in [-0.15, -0.1) is 0 Å². The van der Waals surface area contributed by atoms with Gasteiger partial charge in [0.1, 0.15) is 11.5 Å². The summed E-state index contributed by atoms with van der Waals surface area (Å²) in [6.45, 7) is 0.542. The van der Waals surface area contributed by atoms with Crippen LogP contribution in [0.4, 0.5) is 0 Å². The summed E-state index contributed by atoms with van der Waals surface area (Å²) >= 11 is 0. The van der Waals surface area contributed by atoms with Crippen LogP contribution in [0.25, 0.3) is 0 Å². The molecule has 1 aromatic rings. The minimum Gasteiger partial charge on any atom is -0.508 e. The molecule has 6 nitrogen and oxygen atoms in total. The van der Waals surface area contributed by atoms with Gasteiger partial charge in [-0.3, -0.25) is 9.59 Å². The maximum Gasteiger partial charge on any atom is 0.303 e. The SMILES string of the molecule is O=C(O)CCCCCCCNC(=O)COc1ccc(O)cc1. The molecule has 22 heavy (non-hydrogen) atoms. The summed E-state index contributed by atoms with van der Waals surface area (Å²) in [6, 6.07) is 6.19. The molecule has 0 atom stereocenters. The maximum atomic E-state index is 11.5. The standard InChI is InChI=1S/C16H23NO5/c18-13-7-9-14(10-8-13)22-12-15(19)17-11-5-3-1-2-4-6-16(20)21/h7-10,18H,1-6,11-12H2,(H,17,19)(H,20,21). The molecular weight excluding hydrogens is 286 g/mol. The molecule has 0 saturated carbocycles. The molecule has 0 unspecified atom stereocenters. The molecule has 0 saturated heterocycles. The van der Waals surface area contributed by atoms with Crippen molar-refractivity contribution in [1.29, 1.82) is 0 Å². The Hall–Kier alpha value is -2.24. The number of carboxylic acids is 1. The van der Waals surface area contributed by atoms with E-state index in [1.54, 1.807) is 12.1 Å². The third-order valence-electron chi connectivity index (χ3n) is 3.10. The van der Waals surface area contributed by atoms with E-state index in [2.05, 4.69) is 5.32 Å². The normalized spacial score (nSPS) is 10.2. The number of rotatable bonds is 11. The number of aromatic hydroxyl groups is 1. The number of carboxylic acid groups (broad SMARTS) is 1. The lowest BCUT2D eigenvalue weighted by atomic mass is 10.1. The molecule has 0 spiro atoms. The topological polar surface area (TPSA) is 95.9 Å². The maximum absolute atomic E-state index is 11.5. The van der Waals surface area contributed by atoms with Crippen molar-refractivity contribution in [3.05, 3.63) is 24.3 Å². The van der Waals surface area contributed by atoms with Gasteiger partial charge in [-0.1, -0.05) is 19.3 Å². The second kappa shape index (κ2) is 10.5. The molecule has 0 aromatic heterocycles. The quantitative estimate of drug-likeness (QED) is 0.545. The van der Waals surface area contributed by atoms with Crippen molar-refractivity contribution in [1.82, 2.24) is 5.32 Å². The molecule has 0 radical (unpaired) electrons. The Labute approximate surface area is 130 Å². The van der Waals surface area contributed by atoms with Gasteiger partial charge in [0.25, 0.3) is 5.91 Å². The van der Waals surface area contributed by atoms with Crippen LogP contribution in [0.5, 0.6) is 11.5 Å². The lowest BCUT2D eigenvalue weighted by molar-refractivity contribution is -0.137. The third-order valence-corrected chi connectivity index (χ3v) is 3.10. The first kappa shape index (κ1) is 17.8. The zero-order chi connectivity index (χ0) is 16.2. The molecule has 0 fully saturated rings. The van der Waals surface area contributed by atoms with Crippen molar-refractivity contribution in [2.45, 2.75) is 38.5 Å². The second-order valence-electron chi connectivity index (χ2n) is 5.04. The fourth-order valence-electron chi connectivity index (χ4n) is 1.90. The molecule has 0 heterocycles. The highest BCUT2D eigenvalue weighted by Crippen LogP contribution is 2.15. The van der Waals surface area contributed by atoms with Gasteiger partial charge >= 0.3 is 5.97 Å². The molecule has 1 rings (SSSR count). The summed E-state index contributed by atoms with van der Waals surface area (Å²) in [5.41, 5.74) is 0. The number of phenolic OH excluding ortho intramolecular Hbond substituents is 1. The number of carbonyl (C=O) groups excluding carboxylic acids is 1. The monoisotopic (exact) mass is 309 g/mol. The van der Waals surface area contributed by atoms with Crippen LogP contribution < -0.4 is 10.1 Å². The fourth-order valence-corrected chi connectivity index (χ4v) is 1.90. The van der Waals surface area contributed by atoms with E-state index in [0.29, 0.717) is 18.7 Å². The number of hydrogen-bond donors (Lipinski definition) is 3. The molecule has 0 aliphatic carbocycles. The molecule has 3 N–H and O–H groups in total. The Bertz CT molecular complexity index is 458. The Morgan fingerprint density at radius 3 is 2.32 bits per heavy atom. The predicted molar refractivity (Wildman–Crippen MR) is 81.9 cm³/mol. The van der Waals surface area contributed by atoms with Crippen molar-refractivity contribution in [3.8, 4) is 11.5 Å². The van der Waals surface area contributed by atoms with E-state index in [1.807, 2.05) is 0 Å². The van der Waals surface area contributed by atoms with E-state index in [-0.39, 0.29) is 24.7 Å². The summed E-state index contributed by atoms with van der Waals surface area (Å²) in [5, 5.41) is 20.4. The van der Waals surface area contributed by atoms with E-state index in [4.69, 9.17) is 14.9 Å². The molecule has 6 heteroatoms. The highest BCUT2D eigenvalue weighted by Gasteiger charge is 2.02. The number of hydrogen-bond acceptors (Lipinski definition) is 4. The summed E-state index contributed by atoms with van der Waals surface area (Å²) < 4.78 is 5.28. The molecule has 0 aliphatic rings. The Morgan fingerprint density at radius 1 is 1.00 bits per heavy atom. The minimum absolute atomic E-state index is 0.0522. The highest BCUT2D eigenvalue weighted by atomic mass is 16.5. The fraction of sp³-hybridized carbons (Fsp3) is 0.500. The van der Waals surface area contributed by atoms with E-state index in [9.17, 15) is 9.59 Å². The first-order valence-electron chi connectivity index (χ1n) is 7.48. The number of carbonyl (C=O) groups is 2. The van der Waals surface area contributed by atoms with Crippen LogP contribution in [0, 0.1) is 0 Å². The summed E-state index contributed by atoms with van der Waals surface area (Å²) in [5.74, 6) is -0.244. The van der Waals surface area contributed by atoms with E-state index in [1.165, 1.54) is 12.1 Å². The first-order chi connectivity index (χ1) is 10.6. The van der Waals surface area contributed by atoms with Gasteiger partial charge in [0.05, 0.1) is 0 Å². The lowest BCUT2D eigenvalue weighted by Crippen LogP contribution is -2.29. The Morgan fingerprint density at radius 2 is 1.64 bits per heavy atom. The van der Waals surface area contributed by atoms with Gasteiger partial charge in [0.15, 0.2) is 6.61 Å². The van der Waals surface area contributed by atoms with Gasteiger partial charge < -0.3 is 20.3 Å². The predicted octanol–water partition coefficient (Wildman–Crippen LogP) is 2.31. The number of ether oxygens (including phenoxy) is 1. The smallest absolute Gasteiger partial charge is 0.303 e. The van der Waals surface area contributed by atoms with E-state index < -0.39 is 5.97 Å². The average molecular weight is 309 g/mol. The van der Waals surface area contributed by atoms with Crippen LogP contribution in [0.15, 0.2) is 24.3 Å². The van der Waals surface area contributed by atoms with Gasteiger partial charge in [-0.05, 0) is 37.1 Å². The number of unbranched alkanes of at least 4 members (excludes halogenated alkanes) is 4. The van der Waals surface area contributed by atoms with Crippen molar-refractivity contribution in [2.24, 2.45) is 0 Å². The van der Waals surface area contributed by atoms with Gasteiger partial charge in [-0.2, -0.15) is 0 Å². The van der Waals surface area contributed by atoms with E-state index in [0.717, 1.165) is 25.7 Å². The summed E-state index contributed by atoms with van der Waals surface area (Å²) in [4.78, 5) is 21.9. The number of nitrogens with one attached hydrogen (secondary N) is 1. The Balaban J connectivity index is 1.97. The highest BCUT2D eigenvalue weighted by molar-refractivity contribution is 5.77. The van der Waals surface area contributed by atoms with E-state index >= 15 is 0 Å². The minimum atomic E-state index is -0.749. The van der Waals surface area contributed by atoms with Gasteiger partial charge in [0, 0.05) is 13.0 Å². The summed E-state index contributed by atoms with van der Waals surface area (Å²) in [6.07, 6.45) is 4.67. The van der Waals surface area contributed by atoms with Crippen molar-refractivity contribution in [2.75, 3.05) is 13.2 Å². The summed E-state index contributed by atoms with van der Waals surface area (Å²) in [7, 11) is 0. The van der Waals surface area contributed by atoms with Crippen molar-refractivity contribution in [3.63, 3.8) is 0 Å². The van der Waals surface area contributed by atoms with Gasteiger partial charge in [-0.25, -0.2) is 0 Å². The zero-order valence-electron chi connectivity index (χ0n) is 12.6. The third kappa shape index (κ3) is 8.84. The molecular formula is C16H23NO5. The van der Waals surface area contributed by atoms with Gasteiger partial charge in [0.2, 0.25) is 0 Å². The van der Waals surface area contributed by atoms with Crippen LogP contribution in [0.1, 0.15) is 38.5 Å². The van der Waals surface area contributed by atoms with Crippen LogP contribution in [0.3, 0.4) is 0 Å². The second-order valence-corrected chi connectivity index (χ2v) is 5.04. The molecule has 122 valence electrons. The van der Waals surface area contributed by atoms with Crippen LogP contribution in [-0.2, 0) is 9.59 Å². The van der Waals surface area contributed by atoms with Crippen LogP contribution in [-0.4, -0.2) is 35.2 Å². The van der Waals surface area contributed by atoms with Crippen molar-refractivity contribution >= 4 is 11.9 Å².